The minimum atomic E-state index is -0.661. The zero-order valence-electron chi connectivity index (χ0n) is 18.2. The zero-order valence-corrected chi connectivity index (χ0v) is 18.2. The molecule has 3 heteroatoms. The van der Waals surface area contributed by atoms with Gasteiger partial charge in [0.15, 0.2) is 0 Å². The Morgan fingerprint density at radius 2 is 0.926 bits per heavy atom. The van der Waals surface area contributed by atoms with Gasteiger partial charge in [-0.05, 0) is 19.3 Å². The van der Waals surface area contributed by atoms with Crippen LogP contribution in [0.2, 0.25) is 0 Å². The maximum Gasteiger partial charge on any atom is 0.303 e. The molecule has 27 heavy (non-hydrogen) atoms. The van der Waals surface area contributed by atoms with E-state index < -0.39 is 5.97 Å². The van der Waals surface area contributed by atoms with E-state index in [0.29, 0.717) is 6.42 Å². The summed E-state index contributed by atoms with van der Waals surface area (Å²) in [7, 11) is 0. The minimum Gasteiger partial charge on any atom is -0.481 e. The predicted molar refractivity (Wildman–Crippen MR) is 116 cm³/mol. The molecule has 0 aliphatic heterocycles. The maximum atomic E-state index is 10.4. The molecular formula is C24H48O3. The number of carboxylic acids is 1. The number of aliphatic hydroxyl groups excluding tert-OH is 1. The van der Waals surface area contributed by atoms with Crippen LogP contribution in [0, 0.1) is 0 Å². The van der Waals surface area contributed by atoms with Gasteiger partial charge in [0.2, 0.25) is 0 Å². The zero-order chi connectivity index (χ0) is 20.0. The van der Waals surface area contributed by atoms with Gasteiger partial charge in [-0.15, -0.1) is 0 Å². The van der Waals surface area contributed by atoms with E-state index in [-0.39, 0.29) is 6.10 Å². The molecule has 0 heterocycles. The predicted octanol–water partition coefficient (Wildman–Crippen LogP) is 7.64. The second kappa shape index (κ2) is 21.7. The first kappa shape index (κ1) is 26.4. The first-order valence-corrected chi connectivity index (χ1v) is 12.1. The van der Waals surface area contributed by atoms with Crippen LogP contribution in [0.1, 0.15) is 142 Å². The van der Waals surface area contributed by atoms with Gasteiger partial charge < -0.3 is 10.2 Å². The van der Waals surface area contributed by atoms with Crippen molar-refractivity contribution in [3.8, 4) is 0 Å². The number of hydrogen-bond donors (Lipinski definition) is 2. The normalized spacial score (nSPS) is 12.4. The number of unbranched alkanes of at least 4 members (excludes halogenated alkanes) is 16. The maximum absolute atomic E-state index is 10.4. The summed E-state index contributed by atoms with van der Waals surface area (Å²) in [5, 5.41) is 18.5. The molecular weight excluding hydrogens is 336 g/mol. The average Bonchev–Trinajstić information content (AvgIpc) is 2.64. The van der Waals surface area contributed by atoms with E-state index in [0.717, 1.165) is 25.7 Å². The summed E-state index contributed by atoms with van der Waals surface area (Å²) in [4.78, 5) is 10.4. The lowest BCUT2D eigenvalue weighted by Crippen LogP contribution is -2.05. The van der Waals surface area contributed by atoms with E-state index in [2.05, 4.69) is 6.92 Å². The minimum absolute atomic E-state index is 0.0544. The summed E-state index contributed by atoms with van der Waals surface area (Å²) in [5.74, 6) is -0.661. The molecule has 0 rings (SSSR count). The van der Waals surface area contributed by atoms with Crippen LogP contribution < -0.4 is 0 Å². The van der Waals surface area contributed by atoms with Gasteiger partial charge in [-0.1, -0.05) is 116 Å². The Balaban J connectivity index is 3.07. The van der Waals surface area contributed by atoms with Crippen molar-refractivity contribution in [2.75, 3.05) is 0 Å². The van der Waals surface area contributed by atoms with Gasteiger partial charge in [0.1, 0.15) is 0 Å². The third kappa shape index (κ3) is 23.4. The van der Waals surface area contributed by atoms with Crippen LogP contribution in [0.15, 0.2) is 0 Å². The van der Waals surface area contributed by atoms with Crippen LogP contribution in [0.3, 0.4) is 0 Å². The van der Waals surface area contributed by atoms with Crippen molar-refractivity contribution in [2.45, 2.75) is 148 Å². The number of carboxylic acid groups (broad SMARTS) is 1. The van der Waals surface area contributed by atoms with Crippen molar-refractivity contribution in [2.24, 2.45) is 0 Å². The van der Waals surface area contributed by atoms with Crippen molar-refractivity contribution in [3.05, 3.63) is 0 Å². The molecule has 0 spiro atoms. The molecule has 0 aromatic rings. The standard InChI is InChI=1S/C24H48O3/c1-2-3-17-20-23(25)21-18-15-13-11-9-7-5-4-6-8-10-12-14-16-19-22-24(26)27/h23,25H,2-22H2,1H3,(H,26,27). The Morgan fingerprint density at radius 1 is 0.593 bits per heavy atom. The Bertz CT molecular complexity index is 304. The lowest BCUT2D eigenvalue weighted by molar-refractivity contribution is -0.137. The van der Waals surface area contributed by atoms with Crippen LogP contribution >= 0.6 is 0 Å². The van der Waals surface area contributed by atoms with Gasteiger partial charge in [-0.25, -0.2) is 0 Å². The van der Waals surface area contributed by atoms with Gasteiger partial charge in [0.05, 0.1) is 6.10 Å². The highest BCUT2D eigenvalue weighted by Gasteiger charge is 2.03. The second-order valence-corrected chi connectivity index (χ2v) is 8.39. The average molecular weight is 385 g/mol. The molecule has 0 aliphatic rings. The van der Waals surface area contributed by atoms with Crippen molar-refractivity contribution >= 4 is 5.97 Å². The topological polar surface area (TPSA) is 57.5 Å². The van der Waals surface area contributed by atoms with Crippen molar-refractivity contribution in [1.29, 1.82) is 0 Å². The molecule has 0 saturated heterocycles. The molecule has 0 bridgehead atoms. The van der Waals surface area contributed by atoms with E-state index in [1.165, 1.54) is 103 Å². The molecule has 0 aliphatic carbocycles. The fourth-order valence-electron chi connectivity index (χ4n) is 3.73. The number of rotatable bonds is 22. The van der Waals surface area contributed by atoms with Gasteiger partial charge >= 0.3 is 5.97 Å². The van der Waals surface area contributed by atoms with E-state index in [1.54, 1.807) is 0 Å². The highest BCUT2D eigenvalue weighted by molar-refractivity contribution is 5.66. The number of aliphatic hydroxyl groups is 1. The number of aliphatic carboxylic acids is 1. The molecule has 0 fully saturated rings. The van der Waals surface area contributed by atoms with Crippen molar-refractivity contribution in [1.82, 2.24) is 0 Å². The fraction of sp³-hybridized carbons (Fsp3) is 0.958. The molecule has 1 atom stereocenters. The van der Waals surface area contributed by atoms with Crippen LogP contribution in [0.5, 0.6) is 0 Å². The molecule has 0 aromatic heterocycles. The van der Waals surface area contributed by atoms with Gasteiger partial charge in [-0.3, -0.25) is 4.79 Å². The molecule has 0 radical (unpaired) electrons. The largest absolute Gasteiger partial charge is 0.481 e. The molecule has 0 amide bonds. The lowest BCUT2D eigenvalue weighted by Gasteiger charge is -2.09. The SMILES string of the molecule is CCCCCC(O)CCCCCCCCCCCCCCCCCC(=O)O. The molecule has 0 aromatic carbocycles. The number of hydrogen-bond acceptors (Lipinski definition) is 2. The van der Waals surface area contributed by atoms with E-state index >= 15 is 0 Å². The molecule has 1 unspecified atom stereocenters. The van der Waals surface area contributed by atoms with Crippen LogP contribution in [0.4, 0.5) is 0 Å². The van der Waals surface area contributed by atoms with E-state index in [9.17, 15) is 9.90 Å². The van der Waals surface area contributed by atoms with Crippen LogP contribution in [-0.4, -0.2) is 22.3 Å². The van der Waals surface area contributed by atoms with Crippen LogP contribution in [-0.2, 0) is 4.79 Å². The summed E-state index contributed by atoms with van der Waals surface area (Å²) in [6, 6.07) is 0. The molecule has 3 nitrogen and oxygen atoms in total. The van der Waals surface area contributed by atoms with Gasteiger partial charge in [0.25, 0.3) is 0 Å². The molecule has 0 saturated carbocycles. The first-order valence-electron chi connectivity index (χ1n) is 12.1. The Labute approximate surface area is 169 Å². The fourth-order valence-corrected chi connectivity index (χ4v) is 3.73. The monoisotopic (exact) mass is 384 g/mol. The molecule has 2 N–H and O–H groups in total. The Hall–Kier alpha value is -0.570. The Morgan fingerprint density at radius 3 is 1.30 bits per heavy atom. The van der Waals surface area contributed by atoms with Gasteiger partial charge in [0, 0.05) is 6.42 Å². The quantitative estimate of drug-likeness (QED) is 0.188. The summed E-state index contributed by atoms with van der Waals surface area (Å²) in [6.07, 6.45) is 25.1. The summed E-state index contributed by atoms with van der Waals surface area (Å²) in [5.41, 5.74) is 0. The highest BCUT2D eigenvalue weighted by Crippen LogP contribution is 2.15. The van der Waals surface area contributed by atoms with E-state index in [4.69, 9.17) is 5.11 Å². The van der Waals surface area contributed by atoms with Gasteiger partial charge in [-0.2, -0.15) is 0 Å². The van der Waals surface area contributed by atoms with E-state index in [1.807, 2.05) is 0 Å². The molecule has 162 valence electrons. The van der Waals surface area contributed by atoms with Crippen molar-refractivity contribution < 1.29 is 15.0 Å². The summed E-state index contributed by atoms with van der Waals surface area (Å²) < 4.78 is 0. The summed E-state index contributed by atoms with van der Waals surface area (Å²) >= 11 is 0. The smallest absolute Gasteiger partial charge is 0.303 e. The third-order valence-electron chi connectivity index (χ3n) is 5.57. The Kier molecular flexibility index (Phi) is 21.3. The number of carbonyl (C=O) groups is 1. The van der Waals surface area contributed by atoms with Crippen LogP contribution in [0.25, 0.3) is 0 Å². The summed E-state index contributed by atoms with van der Waals surface area (Å²) in [6.45, 7) is 2.21. The lowest BCUT2D eigenvalue weighted by atomic mass is 10.0. The highest BCUT2D eigenvalue weighted by atomic mass is 16.4. The second-order valence-electron chi connectivity index (χ2n) is 8.39. The van der Waals surface area contributed by atoms with Crippen molar-refractivity contribution in [3.63, 3.8) is 0 Å². The first-order chi connectivity index (χ1) is 13.2. The third-order valence-corrected chi connectivity index (χ3v) is 5.57.